The van der Waals surface area contributed by atoms with Crippen LogP contribution in [0.1, 0.15) is 76.1 Å². The molecule has 3 aliphatic rings. The summed E-state index contributed by atoms with van der Waals surface area (Å²) >= 11 is 0. The lowest BCUT2D eigenvalue weighted by Crippen LogP contribution is -2.30. The lowest BCUT2D eigenvalue weighted by Gasteiger charge is -2.25. The number of ether oxygens (including phenoxy) is 1. The first-order chi connectivity index (χ1) is 13.7. The number of rotatable bonds is 5. The van der Waals surface area contributed by atoms with Crippen LogP contribution in [0.2, 0.25) is 0 Å². The van der Waals surface area contributed by atoms with Crippen molar-refractivity contribution in [3.05, 3.63) is 40.0 Å². The number of carbonyl (C=O) groups is 2. The van der Waals surface area contributed by atoms with Gasteiger partial charge in [-0.1, -0.05) is 52.3 Å². The minimum absolute atomic E-state index is 0.0374. The maximum atomic E-state index is 13.8. The van der Waals surface area contributed by atoms with E-state index in [1.54, 1.807) is 0 Å². The Morgan fingerprint density at radius 2 is 1.59 bits per heavy atom. The van der Waals surface area contributed by atoms with Crippen LogP contribution in [0.25, 0.3) is 5.57 Å². The van der Waals surface area contributed by atoms with Crippen molar-refractivity contribution in [3.63, 3.8) is 0 Å². The molecular weight excluding hydrogens is 360 g/mol. The molecule has 2 fully saturated rings. The smallest absolute Gasteiger partial charge is 0.169 e. The Kier molecular flexibility index (Phi) is 5.09. The summed E-state index contributed by atoms with van der Waals surface area (Å²) < 4.78 is 6.16. The number of Topliss-reactive ketones (excluding diaryl/α,β-unsaturated/α-hetero) is 2. The van der Waals surface area contributed by atoms with Crippen LogP contribution in [0, 0.1) is 24.2 Å². The molecule has 29 heavy (non-hydrogen) atoms. The van der Waals surface area contributed by atoms with Gasteiger partial charge in [0, 0.05) is 23.3 Å². The van der Waals surface area contributed by atoms with E-state index in [0.29, 0.717) is 6.42 Å². The van der Waals surface area contributed by atoms with Crippen LogP contribution in [0.15, 0.2) is 17.7 Å². The van der Waals surface area contributed by atoms with E-state index in [1.165, 1.54) is 16.7 Å². The van der Waals surface area contributed by atoms with Crippen molar-refractivity contribution in [3.8, 4) is 0 Å². The van der Waals surface area contributed by atoms with Crippen LogP contribution in [0.5, 0.6) is 0 Å². The molecule has 1 aromatic rings. The van der Waals surface area contributed by atoms with E-state index < -0.39 is 5.41 Å². The van der Waals surface area contributed by atoms with Gasteiger partial charge in [-0.15, -0.1) is 0 Å². The van der Waals surface area contributed by atoms with Gasteiger partial charge >= 0.3 is 0 Å². The van der Waals surface area contributed by atoms with Crippen LogP contribution in [-0.2, 0) is 27.2 Å². The molecule has 2 heterocycles. The summed E-state index contributed by atoms with van der Waals surface area (Å²) in [5.74, 6) is 0.456. The molecule has 4 atom stereocenters. The zero-order valence-corrected chi connectivity index (χ0v) is 18.7. The summed E-state index contributed by atoms with van der Waals surface area (Å²) in [5, 5.41) is 0. The van der Waals surface area contributed by atoms with Crippen molar-refractivity contribution in [2.24, 2.45) is 17.3 Å². The van der Waals surface area contributed by atoms with Gasteiger partial charge in [0.15, 0.2) is 5.78 Å². The van der Waals surface area contributed by atoms with Crippen molar-refractivity contribution < 1.29 is 14.3 Å². The molecular formula is C26H34O3. The Morgan fingerprint density at radius 3 is 2.10 bits per heavy atom. The summed E-state index contributed by atoms with van der Waals surface area (Å²) in [6.45, 7) is 12.4. The van der Waals surface area contributed by atoms with Gasteiger partial charge in [0.05, 0.1) is 18.1 Å². The zero-order valence-electron chi connectivity index (χ0n) is 18.7. The highest BCUT2D eigenvalue weighted by molar-refractivity contribution is 6.27. The second kappa shape index (κ2) is 7.19. The average molecular weight is 395 g/mol. The average Bonchev–Trinajstić information content (AvgIpc) is 3.34. The fourth-order valence-electron chi connectivity index (χ4n) is 5.69. The highest BCUT2D eigenvalue weighted by Crippen LogP contribution is 2.56. The highest BCUT2D eigenvalue weighted by Gasteiger charge is 2.58. The first-order valence-corrected chi connectivity index (χ1v) is 11.3. The topological polar surface area (TPSA) is 43.4 Å². The van der Waals surface area contributed by atoms with Gasteiger partial charge in [-0.3, -0.25) is 9.59 Å². The lowest BCUT2D eigenvalue weighted by molar-refractivity contribution is -0.125. The normalized spacial score (nSPS) is 28.4. The SMILES string of the molecule is CCc1cc(C)cc(CC)c1C1=C(CC(=O)C(C)(C)C)[C@@H]2C3CC[C@H](O3)[C@@H]2C1=O. The Balaban J connectivity index is 1.92. The van der Waals surface area contributed by atoms with Crippen molar-refractivity contribution in [1.29, 1.82) is 0 Å². The molecule has 0 amide bonds. The molecule has 156 valence electrons. The summed E-state index contributed by atoms with van der Waals surface area (Å²) in [7, 11) is 0. The number of hydrogen-bond acceptors (Lipinski definition) is 3. The summed E-state index contributed by atoms with van der Waals surface area (Å²) in [5.41, 5.74) is 6.36. The number of allylic oxidation sites excluding steroid dienone is 1. The van der Waals surface area contributed by atoms with Gasteiger partial charge in [0.1, 0.15) is 5.78 Å². The van der Waals surface area contributed by atoms with Gasteiger partial charge in [-0.2, -0.15) is 0 Å². The van der Waals surface area contributed by atoms with Crippen LogP contribution >= 0.6 is 0 Å². The van der Waals surface area contributed by atoms with Crippen LogP contribution in [-0.4, -0.2) is 23.8 Å². The van der Waals surface area contributed by atoms with Gasteiger partial charge in [-0.05, 0) is 54.9 Å². The van der Waals surface area contributed by atoms with E-state index in [0.717, 1.165) is 42.4 Å². The van der Waals surface area contributed by atoms with E-state index >= 15 is 0 Å². The molecule has 0 aromatic heterocycles. The third-order valence-electron chi connectivity index (χ3n) is 7.19. The summed E-state index contributed by atoms with van der Waals surface area (Å²) in [6, 6.07) is 4.44. The molecule has 1 aromatic carbocycles. The van der Waals surface area contributed by atoms with E-state index in [9.17, 15) is 9.59 Å². The fourth-order valence-corrected chi connectivity index (χ4v) is 5.69. The monoisotopic (exact) mass is 394 g/mol. The predicted molar refractivity (Wildman–Crippen MR) is 116 cm³/mol. The minimum Gasteiger partial charge on any atom is -0.374 e. The molecule has 1 aliphatic carbocycles. The van der Waals surface area contributed by atoms with Crippen molar-refractivity contribution in [2.75, 3.05) is 0 Å². The molecule has 0 saturated carbocycles. The summed E-state index contributed by atoms with van der Waals surface area (Å²) in [6.07, 6.45) is 4.28. The number of fused-ring (bicyclic) bond motifs is 5. The molecule has 1 unspecified atom stereocenters. The zero-order chi connectivity index (χ0) is 21.1. The maximum absolute atomic E-state index is 13.8. The number of aryl methyl sites for hydroxylation is 3. The third-order valence-corrected chi connectivity index (χ3v) is 7.19. The van der Waals surface area contributed by atoms with Crippen LogP contribution in [0.3, 0.4) is 0 Å². The molecule has 0 spiro atoms. The first kappa shape index (κ1) is 20.5. The van der Waals surface area contributed by atoms with Crippen molar-refractivity contribution >= 4 is 17.1 Å². The second-order valence-corrected chi connectivity index (χ2v) is 10.1. The number of benzene rings is 1. The predicted octanol–water partition coefficient (Wildman–Crippen LogP) is 5.26. The van der Waals surface area contributed by atoms with Crippen molar-refractivity contribution in [2.45, 2.75) is 85.9 Å². The molecule has 4 rings (SSSR count). The van der Waals surface area contributed by atoms with Crippen LogP contribution < -0.4 is 0 Å². The first-order valence-electron chi connectivity index (χ1n) is 11.3. The standard InChI is InChI=1S/C26H34O3/c1-7-15-11-14(3)12-16(8-2)21(15)23-17(13-20(27)26(4,5)6)22-18-9-10-19(29-18)24(22)25(23)28/h11-12,18-19,22,24H,7-10,13H2,1-6H3/t18?,19-,22+,24-/m0/s1. The Morgan fingerprint density at radius 1 is 1.03 bits per heavy atom. The Bertz CT molecular complexity index is 874. The maximum Gasteiger partial charge on any atom is 0.169 e. The van der Waals surface area contributed by atoms with Gasteiger partial charge in [0.2, 0.25) is 0 Å². The molecule has 0 radical (unpaired) electrons. The number of hydrogen-bond donors (Lipinski definition) is 0. The van der Waals surface area contributed by atoms with Crippen LogP contribution in [0.4, 0.5) is 0 Å². The second-order valence-electron chi connectivity index (χ2n) is 10.1. The molecule has 3 nitrogen and oxygen atoms in total. The Hall–Kier alpha value is -1.74. The summed E-state index contributed by atoms with van der Waals surface area (Å²) in [4.78, 5) is 26.9. The molecule has 2 saturated heterocycles. The van der Waals surface area contributed by atoms with Gasteiger partial charge in [0.25, 0.3) is 0 Å². The largest absolute Gasteiger partial charge is 0.374 e. The molecule has 2 bridgehead atoms. The highest BCUT2D eigenvalue weighted by atomic mass is 16.5. The van der Waals surface area contributed by atoms with E-state index in [1.807, 2.05) is 20.8 Å². The quantitative estimate of drug-likeness (QED) is 0.685. The van der Waals surface area contributed by atoms with E-state index in [2.05, 4.69) is 32.9 Å². The van der Waals surface area contributed by atoms with Crippen molar-refractivity contribution in [1.82, 2.24) is 0 Å². The molecule has 3 heteroatoms. The number of ketones is 2. The van der Waals surface area contributed by atoms with Gasteiger partial charge in [-0.25, -0.2) is 0 Å². The van der Waals surface area contributed by atoms with Gasteiger partial charge < -0.3 is 4.74 Å². The Labute approximate surface area is 174 Å². The fraction of sp³-hybridized carbons (Fsp3) is 0.615. The van der Waals surface area contributed by atoms with E-state index in [-0.39, 0.29) is 35.6 Å². The van der Waals surface area contributed by atoms with E-state index in [4.69, 9.17) is 4.74 Å². The lowest BCUT2D eigenvalue weighted by atomic mass is 9.76. The molecule has 0 N–H and O–H groups in total. The third kappa shape index (κ3) is 3.22. The minimum atomic E-state index is -0.411. The molecule has 2 aliphatic heterocycles. The number of carbonyl (C=O) groups excluding carboxylic acids is 2.